The maximum absolute atomic E-state index is 11.4. The zero-order valence-corrected chi connectivity index (χ0v) is 15.0. The topological polar surface area (TPSA) is 40.5 Å². The first-order chi connectivity index (χ1) is 8.03. The van der Waals surface area contributed by atoms with Gasteiger partial charge in [-0.15, -0.1) is 0 Å². The molecule has 18 heavy (non-hydrogen) atoms. The molecule has 0 aliphatic carbocycles. The van der Waals surface area contributed by atoms with Crippen LogP contribution in [0, 0.1) is 0 Å². The first-order valence-electron chi connectivity index (χ1n) is 6.17. The number of carboxylic acid groups (broad SMARTS) is 1. The Morgan fingerprint density at radius 1 is 1.11 bits per heavy atom. The van der Waals surface area contributed by atoms with Gasteiger partial charge in [0.05, 0.1) is 0 Å². The average molecular weight is 356 g/mol. The molecule has 0 radical (unpaired) electrons. The van der Waals surface area contributed by atoms with Crippen LogP contribution in [0.15, 0.2) is 24.3 Å². The second-order valence-corrected chi connectivity index (χ2v) is 21.1. The number of rotatable bonds is 2. The number of nitrogens with zero attached hydrogens (tertiary/aromatic N) is 1. The molecule has 1 rings (SSSR count). The monoisotopic (exact) mass is 357 g/mol. The van der Waals surface area contributed by atoms with Crippen molar-refractivity contribution in [2.45, 2.75) is 41.1 Å². The summed E-state index contributed by atoms with van der Waals surface area (Å²) in [5, 5.41) is 9.33. The summed E-state index contributed by atoms with van der Waals surface area (Å²) in [5.41, 5.74) is 0.313. The van der Waals surface area contributed by atoms with Crippen molar-refractivity contribution in [2.24, 2.45) is 0 Å². The SMILES string of the molecule is CC(C)(C)N(C(=O)O)c1cc[c]([Sn]([CH3])([CH3])[CH3])cc1. The quantitative estimate of drug-likeness (QED) is 0.824. The normalized spacial score (nSPS) is 12.3. The molecule has 0 unspecified atom stereocenters. The van der Waals surface area contributed by atoms with Gasteiger partial charge in [-0.2, -0.15) is 0 Å². The number of anilines is 1. The zero-order chi connectivity index (χ0) is 14.1. The summed E-state index contributed by atoms with van der Waals surface area (Å²) in [5.74, 6) is 0. The van der Waals surface area contributed by atoms with E-state index in [-0.39, 0.29) is 0 Å². The van der Waals surface area contributed by atoms with Crippen molar-refractivity contribution >= 4 is 33.7 Å². The minimum atomic E-state index is -2.05. The van der Waals surface area contributed by atoms with Crippen LogP contribution in [0.5, 0.6) is 0 Å². The molecule has 4 heteroatoms. The summed E-state index contributed by atoms with van der Waals surface area (Å²) in [7, 11) is 0. The van der Waals surface area contributed by atoms with E-state index in [1.807, 2.05) is 32.9 Å². The third kappa shape index (κ3) is 3.64. The molecule has 0 fully saturated rings. The Kier molecular flexibility index (Phi) is 4.36. The van der Waals surface area contributed by atoms with E-state index in [4.69, 9.17) is 0 Å². The van der Waals surface area contributed by atoms with Gasteiger partial charge in [0.2, 0.25) is 0 Å². The average Bonchev–Trinajstić information content (AvgIpc) is 2.13. The van der Waals surface area contributed by atoms with Gasteiger partial charge in [0.25, 0.3) is 0 Å². The van der Waals surface area contributed by atoms with Gasteiger partial charge in [-0.05, 0) is 0 Å². The third-order valence-electron chi connectivity index (χ3n) is 2.85. The predicted molar refractivity (Wildman–Crippen MR) is 79.7 cm³/mol. The summed E-state index contributed by atoms with van der Waals surface area (Å²) >= 11 is -2.05. The van der Waals surface area contributed by atoms with Crippen molar-refractivity contribution in [2.75, 3.05) is 4.90 Å². The van der Waals surface area contributed by atoms with Crippen molar-refractivity contribution in [3.05, 3.63) is 24.3 Å². The summed E-state index contributed by atoms with van der Waals surface area (Å²) in [6, 6.07) is 8.04. The van der Waals surface area contributed by atoms with Gasteiger partial charge in [-0.1, -0.05) is 0 Å². The van der Waals surface area contributed by atoms with E-state index >= 15 is 0 Å². The van der Waals surface area contributed by atoms with E-state index in [1.54, 1.807) is 0 Å². The van der Waals surface area contributed by atoms with E-state index < -0.39 is 30.0 Å². The Morgan fingerprint density at radius 3 is 1.83 bits per heavy atom. The van der Waals surface area contributed by atoms with Crippen molar-refractivity contribution in [1.29, 1.82) is 0 Å². The van der Waals surface area contributed by atoms with Gasteiger partial charge in [-0.25, -0.2) is 0 Å². The molecule has 0 saturated heterocycles. The standard InChI is InChI=1S/C11H14NO2.3CH3.Sn/c1-11(2,3)12(10(13)14)9-7-5-4-6-8-9;;;;/h5-8H,1-3H3,(H,13,14);3*1H3;. The Balaban J connectivity index is 3.14. The summed E-state index contributed by atoms with van der Waals surface area (Å²) in [6.07, 6.45) is -0.908. The molecular weight excluding hydrogens is 333 g/mol. The Hall–Kier alpha value is -0.711. The van der Waals surface area contributed by atoms with E-state index in [1.165, 1.54) is 8.48 Å². The van der Waals surface area contributed by atoms with Crippen molar-refractivity contribution in [3.63, 3.8) is 0 Å². The van der Waals surface area contributed by atoms with Crippen LogP contribution in [-0.4, -0.2) is 35.1 Å². The van der Waals surface area contributed by atoms with Crippen LogP contribution in [0.3, 0.4) is 0 Å². The number of hydrogen-bond donors (Lipinski definition) is 1. The number of amides is 1. The van der Waals surface area contributed by atoms with Gasteiger partial charge < -0.3 is 0 Å². The van der Waals surface area contributed by atoms with Gasteiger partial charge in [0.1, 0.15) is 0 Å². The molecule has 0 aliphatic heterocycles. The number of hydrogen-bond acceptors (Lipinski definition) is 1. The molecule has 0 spiro atoms. The second-order valence-electron chi connectivity index (χ2n) is 6.59. The first kappa shape index (κ1) is 15.3. The molecule has 0 aliphatic rings. The van der Waals surface area contributed by atoms with E-state index in [2.05, 4.69) is 27.0 Å². The molecule has 0 heterocycles. The fourth-order valence-electron chi connectivity index (χ4n) is 1.90. The van der Waals surface area contributed by atoms with E-state index in [0.29, 0.717) is 0 Å². The van der Waals surface area contributed by atoms with Crippen LogP contribution in [0.4, 0.5) is 10.5 Å². The molecule has 1 amide bonds. The summed E-state index contributed by atoms with van der Waals surface area (Å²) in [4.78, 5) is 19.8. The van der Waals surface area contributed by atoms with Crippen LogP contribution >= 0.6 is 0 Å². The maximum atomic E-state index is 11.4. The first-order valence-corrected chi connectivity index (χ1v) is 16.2. The van der Waals surface area contributed by atoms with Crippen molar-refractivity contribution in [1.82, 2.24) is 0 Å². The van der Waals surface area contributed by atoms with Crippen LogP contribution in [0.1, 0.15) is 20.8 Å². The third-order valence-corrected chi connectivity index (χ3v) is 8.75. The molecule has 0 bridgehead atoms. The summed E-state index contributed by atoms with van der Waals surface area (Å²) in [6.45, 7) is 5.70. The molecule has 100 valence electrons. The van der Waals surface area contributed by atoms with Crippen LogP contribution < -0.4 is 8.48 Å². The molecule has 1 aromatic rings. The molecule has 1 aromatic carbocycles. The second kappa shape index (κ2) is 5.11. The van der Waals surface area contributed by atoms with Crippen LogP contribution in [-0.2, 0) is 0 Å². The minimum absolute atomic E-state index is 0.432. The number of carbonyl (C=O) groups is 1. The van der Waals surface area contributed by atoms with Crippen molar-refractivity contribution < 1.29 is 9.90 Å². The van der Waals surface area contributed by atoms with Gasteiger partial charge >= 0.3 is 114 Å². The Bertz CT molecular complexity index is 427. The molecule has 0 atom stereocenters. The Labute approximate surface area is 114 Å². The van der Waals surface area contributed by atoms with Crippen LogP contribution in [0.25, 0.3) is 0 Å². The van der Waals surface area contributed by atoms with E-state index in [9.17, 15) is 9.90 Å². The van der Waals surface area contributed by atoms with Gasteiger partial charge in [0, 0.05) is 0 Å². The molecule has 0 aromatic heterocycles. The molecular formula is C14H23NO2Sn. The fraction of sp³-hybridized carbons (Fsp3) is 0.500. The van der Waals surface area contributed by atoms with E-state index in [0.717, 1.165) is 5.69 Å². The molecule has 3 nitrogen and oxygen atoms in total. The van der Waals surface area contributed by atoms with Crippen LogP contribution in [0.2, 0.25) is 14.8 Å². The molecule has 1 N–H and O–H groups in total. The van der Waals surface area contributed by atoms with Gasteiger partial charge in [0.15, 0.2) is 0 Å². The molecule has 0 saturated carbocycles. The van der Waals surface area contributed by atoms with Gasteiger partial charge in [-0.3, -0.25) is 0 Å². The predicted octanol–water partition coefficient (Wildman–Crippen LogP) is 3.51. The zero-order valence-electron chi connectivity index (χ0n) is 12.1. The van der Waals surface area contributed by atoms with Crippen molar-refractivity contribution in [3.8, 4) is 0 Å². The summed E-state index contributed by atoms with van der Waals surface area (Å²) < 4.78 is 1.41. The Morgan fingerprint density at radius 2 is 1.56 bits per heavy atom. The number of benzene rings is 1. The fourth-order valence-corrected chi connectivity index (χ4v) is 5.22.